The molecule has 6 nitrogen and oxygen atoms in total. The SMILES string of the molecule is CN(C)C(=O)NC1CCN(c2nc3cc(Cl)ccc3o2)CC1. The fraction of sp³-hybridized carbons (Fsp3) is 0.467. The lowest BCUT2D eigenvalue weighted by Gasteiger charge is -2.31. The Labute approximate surface area is 134 Å². The first kappa shape index (κ1) is 15.0. The molecule has 2 aromatic rings. The van der Waals surface area contributed by atoms with Gasteiger partial charge in [-0.3, -0.25) is 0 Å². The van der Waals surface area contributed by atoms with Gasteiger partial charge in [-0.25, -0.2) is 4.79 Å². The molecule has 7 heteroatoms. The molecule has 0 saturated carbocycles. The highest BCUT2D eigenvalue weighted by atomic mass is 35.5. The number of urea groups is 1. The molecule has 1 aromatic carbocycles. The number of anilines is 1. The largest absolute Gasteiger partial charge is 0.423 e. The quantitative estimate of drug-likeness (QED) is 0.923. The van der Waals surface area contributed by atoms with Crippen molar-refractivity contribution in [3.8, 4) is 0 Å². The van der Waals surface area contributed by atoms with Crippen LogP contribution in [-0.2, 0) is 0 Å². The van der Waals surface area contributed by atoms with Gasteiger partial charge in [0, 0.05) is 38.2 Å². The number of hydrogen-bond donors (Lipinski definition) is 1. The zero-order chi connectivity index (χ0) is 15.7. The van der Waals surface area contributed by atoms with Crippen molar-refractivity contribution in [2.24, 2.45) is 0 Å². The fourth-order valence-electron chi connectivity index (χ4n) is 2.54. The number of hydrogen-bond acceptors (Lipinski definition) is 4. The number of benzene rings is 1. The van der Waals surface area contributed by atoms with Crippen LogP contribution in [0.3, 0.4) is 0 Å². The van der Waals surface area contributed by atoms with Gasteiger partial charge in [-0.2, -0.15) is 4.98 Å². The van der Waals surface area contributed by atoms with Crippen molar-refractivity contribution in [1.29, 1.82) is 0 Å². The number of halogens is 1. The Bertz CT molecular complexity index is 677. The Balaban J connectivity index is 1.64. The van der Waals surface area contributed by atoms with E-state index in [1.807, 2.05) is 6.07 Å². The lowest BCUT2D eigenvalue weighted by Crippen LogP contribution is -2.47. The number of nitrogens with one attached hydrogen (secondary N) is 1. The first-order valence-corrected chi connectivity index (χ1v) is 7.69. The summed E-state index contributed by atoms with van der Waals surface area (Å²) in [6.45, 7) is 1.61. The zero-order valence-electron chi connectivity index (χ0n) is 12.7. The minimum Gasteiger partial charge on any atom is -0.423 e. The molecule has 0 aliphatic carbocycles. The van der Waals surface area contributed by atoms with E-state index in [2.05, 4.69) is 15.2 Å². The second-order valence-corrected chi connectivity index (χ2v) is 6.15. The number of carbonyl (C=O) groups excluding carboxylic acids is 1. The Hall–Kier alpha value is -1.95. The molecule has 1 fully saturated rings. The molecule has 0 spiro atoms. The van der Waals surface area contributed by atoms with Gasteiger partial charge in [0.05, 0.1) is 0 Å². The molecule has 2 heterocycles. The van der Waals surface area contributed by atoms with Crippen LogP contribution >= 0.6 is 11.6 Å². The topological polar surface area (TPSA) is 61.6 Å². The average molecular weight is 323 g/mol. The molecule has 0 radical (unpaired) electrons. The third-order valence-corrected chi connectivity index (χ3v) is 4.07. The number of piperidine rings is 1. The number of fused-ring (bicyclic) bond motifs is 1. The van der Waals surface area contributed by atoms with Crippen LogP contribution in [0, 0.1) is 0 Å². The number of carbonyl (C=O) groups is 1. The fourth-order valence-corrected chi connectivity index (χ4v) is 2.71. The van der Waals surface area contributed by atoms with E-state index in [4.69, 9.17) is 16.0 Å². The van der Waals surface area contributed by atoms with Crippen LogP contribution in [-0.4, -0.2) is 49.1 Å². The molecule has 22 heavy (non-hydrogen) atoms. The minimum atomic E-state index is -0.0463. The molecule has 1 saturated heterocycles. The number of rotatable bonds is 2. The summed E-state index contributed by atoms with van der Waals surface area (Å²) in [5.74, 6) is 0. The Morgan fingerprint density at radius 3 is 2.82 bits per heavy atom. The number of oxazole rings is 1. The van der Waals surface area contributed by atoms with E-state index in [1.165, 1.54) is 0 Å². The molecule has 2 amide bonds. The standard InChI is InChI=1S/C15H19ClN4O2/c1-19(2)14(21)17-11-5-7-20(8-6-11)15-18-12-9-10(16)3-4-13(12)22-15/h3-4,9,11H,5-8H2,1-2H3,(H,17,21). The monoisotopic (exact) mass is 322 g/mol. The van der Waals surface area contributed by atoms with Crippen LogP contribution < -0.4 is 10.2 Å². The summed E-state index contributed by atoms with van der Waals surface area (Å²) >= 11 is 5.97. The van der Waals surface area contributed by atoms with Crippen molar-refractivity contribution >= 4 is 34.7 Å². The predicted octanol–water partition coefficient (Wildman–Crippen LogP) is 2.72. The van der Waals surface area contributed by atoms with Gasteiger partial charge in [-0.05, 0) is 31.0 Å². The molecule has 0 atom stereocenters. The van der Waals surface area contributed by atoms with E-state index in [0.29, 0.717) is 11.0 Å². The van der Waals surface area contributed by atoms with E-state index in [0.717, 1.165) is 37.0 Å². The number of nitrogens with zero attached hydrogens (tertiary/aromatic N) is 3. The van der Waals surface area contributed by atoms with Crippen molar-refractivity contribution in [3.63, 3.8) is 0 Å². The van der Waals surface area contributed by atoms with Crippen LogP contribution in [0.1, 0.15) is 12.8 Å². The minimum absolute atomic E-state index is 0.0463. The summed E-state index contributed by atoms with van der Waals surface area (Å²) in [6, 6.07) is 6.20. The first-order valence-electron chi connectivity index (χ1n) is 7.32. The molecular weight excluding hydrogens is 304 g/mol. The molecule has 118 valence electrons. The van der Waals surface area contributed by atoms with E-state index in [-0.39, 0.29) is 12.1 Å². The summed E-state index contributed by atoms with van der Waals surface area (Å²) < 4.78 is 5.78. The van der Waals surface area contributed by atoms with Crippen molar-refractivity contribution in [2.75, 3.05) is 32.1 Å². The van der Waals surface area contributed by atoms with E-state index >= 15 is 0 Å². The first-order chi connectivity index (χ1) is 10.5. The van der Waals surface area contributed by atoms with Gasteiger partial charge >= 0.3 is 6.03 Å². The van der Waals surface area contributed by atoms with Crippen molar-refractivity contribution in [2.45, 2.75) is 18.9 Å². The van der Waals surface area contributed by atoms with Gasteiger partial charge in [0.2, 0.25) is 0 Å². The zero-order valence-corrected chi connectivity index (χ0v) is 13.4. The second kappa shape index (κ2) is 6.04. The van der Waals surface area contributed by atoms with Gasteiger partial charge in [-0.1, -0.05) is 11.6 Å². The van der Waals surface area contributed by atoms with E-state index < -0.39 is 0 Å². The highest BCUT2D eigenvalue weighted by molar-refractivity contribution is 6.31. The highest BCUT2D eigenvalue weighted by Gasteiger charge is 2.24. The Kier molecular flexibility index (Phi) is 4.11. The van der Waals surface area contributed by atoms with E-state index in [1.54, 1.807) is 31.1 Å². The van der Waals surface area contributed by atoms with Crippen LogP contribution in [0.5, 0.6) is 0 Å². The maximum atomic E-state index is 11.7. The second-order valence-electron chi connectivity index (χ2n) is 5.71. The molecule has 1 aromatic heterocycles. The molecule has 1 N–H and O–H groups in total. The molecule has 0 unspecified atom stereocenters. The normalized spacial score (nSPS) is 16.0. The van der Waals surface area contributed by atoms with Gasteiger partial charge in [0.25, 0.3) is 6.01 Å². The number of amides is 2. The molecule has 3 rings (SSSR count). The van der Waals surface area contributed by atoms with Crippen LogP contribution in [0.15, 0.2) is 22.6 Å². The van der Waals surface area contributed by atoms with Crippen LogP contribution in [0.4, 0.5) is 10.8 Å². The maximum absolute atomic E-state index is 11.7. The predicted molar refractivity (Wildman–Crippen MR) is 86.5 cm³/mol. The lowest BCUT2D eigenvalue weighted by molar-refractivity contribution is 0.210. The smallest absolute Gasteiger partial charge is 0.317 e. The van der Waals surface area contributed by atoms with Gasteiger partial charge in [0.1, 0.15) is 5.52 Å². The summed E-state index contributed by atoms with van der Waals surface area (Å²) in [6.07, 6.45) is 1.75. The third-order valence-electron chi connectivity index (χ3n) is 3.84. The Morgan fingerprint density at radius 1 is 1.41 bits per heavy atom. The van der Waals surface area contributed by atoms with Crippen molar-refractivity contribution < 1.29 is 9.21 Å². The summed E-state index contributed by atoms with van der Waals surface area (Å²) in [5.41, 5.74) is 1.51. The van der Waals surface area contributed by atoms with Crippen molar-refractivity contribution in [3.05, 3.63) is 23.2 Å². The van der Waals surface area contributed by atoms with Crippen LogP contribution in [0.25, 0.3) is 11.1 Å². The summed E-state index contributed by atoms with van der Waals surface area (Å²) in [4.78, 5) is 19.8. The molecular formula is C15H19ClN4O2. The molecule has 1 aliphatic rings. The van der Waals surface area contributed by atoms with Crippen LogP contribution in [0.2, 0.25) is 5.02 Å². The van der Waals surface area contributed by atoms with Gasteiger partial charge < -0.3 is 19.5 Å². The molecule has 0 bridgehead atoms. The molecule has 1 aliphatic heterocycles. The highest BCUT2D eigenvalue weighted by Crippen LogP contribution is 2.26. The van der Waals surface area contributed by atoms with Gasteiger partial charge in [0.15, 0.2) is 5.58 Å². The summed E-state index contributed by atoms with van der Waals surface area (Å²) in [5, 5.41) is 3.67. The average Bonchev–Trinajstić information content (AvgIpc) is 2.90. The van der Waals surface area contributed by atoms with Crippen molar-refractivity contribution in [1.82, 2.24) is 15.2 Å². The third kappa shape index (κ3) is 3.11. The Morgan fingerprint density at radius 2 is 2.14 bits per heavy atom. The van der Waals surface area contributed by atoms with Gasteiger partial charge in [-0.15, -0.1) is 0 Å². The lowest BCUT2D eigenvalue weighted by atomic mass is 10.1. The number of aromatic nitrogens is 1. The van der Waals surface area contributed by atoms with E-state index in [9.17, 15) is 4.79 Å². The summed E-state index contributed by atoms with van der Waals surface area (Å²) in [7, 11) is 3.49. The maximum Gasteiger partial charge on any atom is 0.317 e.